The summed E-state index contributed by atoms with van der Waals surface area (Å²) in [6.07, 6.45) is 1.67. The van der Waals surface area contributed by atoms with Gasteiger partial charge in [-0.05, 0) is 42.3 Å². The molecule has 0 aliphatic carbocycles. The highest BCUT2D eigenvalue weighted by Crippen LogP contribution is 2.19. The maximum Gasteiger partial charge on any atom is 0.251 e. The molecule has 0 saturated carbocycles. The van der Waals surface area contributed by atoms with Crippen LogP contribution in [0.1, 0.15) is 21.5 Å². The number of ether oxygens (including phenoxy) is 1. The van der Waals surface area contributed by atoms with Gasteiger partial charge in [-0.25, -0.2) is 4.98 Å². The van der Waals surface area contributed by atoms with Gasteiger partial charge in [0.2, 0.25) is 5.88 Å². The first-order valence-electron chi connectivity index (χ1n) is 7.74. The third-order valence-electron chi connectivity index (χ3n) is 3.61. The van der Waals surface area contributed by atoms with Gasteiger partial charge in [0.1, 0.15) is 5.75 Å². The minimum absolute atomic E-state index is 0.0876. The molecule has 4 nitrogen and oxygen atoms in total. The molecule has 3 rings (SSSR count). The van der Waals surface area contributed by atoms with E-state index in [1.807, 2.05) is 73.7 Å². The van der Waals surface area contributed by atoms with Crippen molar-refractivity contribution in [2.45, 2.75) is 13.5 Å². The van der Waals surface area contributed by atoms with Gasteiger partial charge in [-0.2, -0.15) is 0 Å². The number of rotatable bonds is 5. The molecule has 0 unspecified atom stereocenters. The zero-order valence-electron chi connectivity index (χ0n) is 13.4. The van der Waals surface area contributed by atoms with E-state index in [9.17, 15) is 4.79 Å². The second-order valence-corrected chi connectivity index (χ2v) is 5.42. The van der Waals surface area contributed by atoms with Crippen molar-refractivity contribution in [3.63, 3.8) is 0 Å². The summed E-state index contributed by atoms with van der Waals surface area (Å²) in [4.78, 5) is 16.5. The van der Waals surface area contributed by atoms with Crippen molar-refractivity contribution in [3.05, 3.63) is 89.6 Å². The summed E-state index contributed by atoms with van der Waals surface area (Å²) in [6, 6.07) is 20.7. The molecule has 24 heavy (non-hydrogen) atoms. The fraction of sp³-hybridized carbons (Fsp3) is 0.100. The van der Waals surface area contributed by atoms with Gasteiger partial charge in [0.15, 0.2) is 0 Å². The monoisotopic (exact) mass is 318 g/mol. The Morgan fingerprint density at radius 3 is 2.58 bits per heavy atom. The number of hydrogen-bond acceptors (Lipinski definition) is 3. The lowest BCUT2D eigenvalue weighted by molar-refractivity contribution is 0.0950. The summed E-state index contributed by atoms with van der Waals surface area (Å²) in [7, 11) is 0. The summed E-state index contributed by atoms with van der Waals surface area (Å²) in [5.74, 6) is 1.14. The van der Waals surface area contributed by atoms with E-state index in [2.05, 4.69) is 10.3 Å². The van der Waals surface area contributed by atoms with E-state index in [0.717, 1.165) is 16.9 Å². The minimum Gasteiger partial charge on any atom is -0.439 e. The molecule has 0 bridgehead atoms. The average Bonchev–Trinajstić information content (AvgIpc) is 2.61. The quantitative estimate of drug-likeness (QED) is 0.770. The zero-order chi connectivity index (χ0) is 16.8. The first-order valence-corrected chi connectivity index (χ1v) is 7.74. The number of hydrogen-bond donors (Lipinski definition) is 1. The van der Waals surface area contributed by atoms with Gasteiger partial charge >= 0.3 is 0 Å². The number of nitrogens with one attached hydrogen (secondary N) is 1. The van der Waals surface area contributed by atoms with Crippen LogP contribution >= 0.6 is 0 Å². The Morgan fingerprint density at radius 1 is 1.04 bits per heavy atom. The maximum atomic E-state index is 12.3. The van der Waals surface area contributed by atoms with Crippen molar-refractivity contribution >= 4 is 5.91 Å². The molecule has 0 saturated heterocycles. The van der Waals surface area contributed by atoms with E-state index in [1.54, 1.807) is 6.20 Å². The molecule has 1 heterocycles. The highest BCUT2D eigenvalue weighted by molar-refractivity contribution is 5.95. The Bertz CT molecular complexity index is 832. The molecule has 0 radical (unpaired) electrons. The van der Waals surface area contributed by atoms with Gasteiger partial charge in [0.25, 0.3) is 5.91 Å². The number of para-hydroxylation sites is 1. The third-order valence-corrected chi connectivity index (χ3v) is 3.61. The van der Waals surface area contributed by atoms with Crippen LogP contribution in [0.3, 0.4) is 0 Å². The zero-order valence-corrected chi connectivity index (χ0v) is 13.4. The predicted molar refractivity (Wildman–Crippen MR) is 93.1 cm³/mol. The van der Waals surface area contributed by atoms with Crippen LogP contribution in [0.4, 0.5) is 0 Å². The summed E-state index contributed by atoms with van der Waals surface area (Å²) in [6.45, 7) is 2.34. The van der Waals surface area contributed by atoms with E-state index >= 15 is 0 Å². The lowest BCUT2D eigenvalue weighted by Gasteiger charge is -2.09. The largest absolute Gasteiger partial charge is 0.439 e. The predicted octanol–water partition coefficient (Wildman–Crippen LogP) is 4.11. The van der Waals surface area contributed by atoms with Gasteiger partial charge < -0.3 is 10.1 Å². The van der Waals surface area contributed by atoms with Crippen molar-refractivity contribution in [2.24, 2.45) is 0 Å². The van der Waals surface area contributed by atoms with Crippen LogP contribution < -0.4 is 10.1 Å². The Morgan fingerprint density at radius 2 is 1.79 bits per heavy atom. The molecule has 1 aromatic heterocycles. The molecule has 0 fully saturated rings. The molecule has 0 atom stereocenters. The Balaban J connectivity index is 1.65. The summed E-state index contributed by atoms with van der Waals surface area (Å²) in [5.41, 5.74) is 2.57. The Labute approximate surface area is 141 Å². The van der Waals surface area contributed by atoms with Crippen LogP contribution in [0, 0.1) is 6.92 Å². The van der Waals surface area contributed by atoms with Crippen molar-refractivity contribution in [3.8, 4) is 11.6 Å². The molecule has 0 aliphatic heterocycles. The molecule has 1 amide bonds. The topological polar surface area (TPSA) is 51.2 Å². The molecule has 3 aromatic rings. The number of pyridine rings is 1. The fourth-order valence-corrected chi connectivity index (χ4v) is 2.33. The maximum absolute atomic E-state index is 12.3. The van der Waals surface area contributed by atoms with Crippen LogP contribution in [-0.4, -0.2) is 10.9 Å². The van der Waals surface area contributed by atoms with E-state index in [0.29, 0.717) is 18.0 Å². The van der Waals surface area contributed by atoms with Gasteiger partial charge in [-0.1, -0.05) is 36.4 Å². The van der Waals surface area contributed by atoms with Crippen molar-refractivity contribution < 1.29 is 9.53 Å². The molecule has 0 aliphatic rings. The van der Waals surface area contributed by atoms with Crippen LogP contribution in [-0.2, 0) is 6.54 Å². The van der Waals surface area contributed by atoms with Gasteiger partial charge in [0, 0.05) is 24.4 Å². The molecular weight excluding hydrogens is 300 g/mol. The summed E-state index contributed by atoms with van der Waals surface area (Å²) in [5, 5.41) is 2.92. The second kappa shape index (κ2) is 7.42. The number of amides is 1. The van der Waals surface area contributed by atoms with E-state index in [1.165, 1.54) is 0 Å². The van der Waals surface area contributed by atoms with E-state index in [-0.39, 0.29) is 5.91 Å². The summed E-state index contributed by atoms with van der Waals surface area (Å²) >= 11 is 0. The second-order valence-electron chi connectivity index (χ2n) is 5.42. The molecule has 1 N–H and O–H groups in total. The minimum atomic E-state index is -0.0876. The number of carbonyl (C=O) groups is 1. The highest BCUT2D eigenvalue weighted by atomic mass is 16.5. The van der Waals surface area contributed by atoms with Gasteiger partial charge in [-0.3, -0.25) is 4.79 Å². The highest BCUT2D eigenvalue weighted by Gasteiger charge is 2.08. The van der Waals surface area contributed by atoms with Gasteiger partial charge in [0.05, 0.1) is 0 Å². The molecule has 4 heteroatoms. The molecule has 2 aromatic carbocycles. The van der Waals surface area contributed by atoms with Crippen LogP contribution in [0.25, 0.3) is 0 Å². The van der Waals surface area contributed by atoms with E-state index in [4.69, 9.17) is 4.74 Å². The number of benzene rings is 2. The first-order chi connectivity index (χ1) is 11.7. The van der Waals surface area contributed by atoms with Crippen LogP contribution in [0.2, 0.25) is 0 Å². The molecular formula is C20H18N2O2. The normalized spacial score (nSPS) is 10.2. The fourth-order valence-electron chi connectivity index (χ4n) is 2.33. The first kappa shape index (κ1) is 15.7. The Kier molecular flexibility index (Phi) is 4.87. The van der Waals surface area contributed by atoms with Crippen molar-refractivity contribution in [1.29, 1.82) is 0 Å². The number of aryl methyl sites for hydroxylation is 1. The van der Waals surface area contributed by atoms with Crippen molar-refractivity contribution in [2.75, 3.05) is 0 Å². The SMILES string of the molecule is Cc1ccccc1C(=O)NCc1ccnc(Oc2ccccc2)c1. The Hall–Kier alpha value is -3.14. The van der Waals surface area contributed by atoms with E-state index < -0.39 is 0 Å². The lowest BCUT2D eigenvalue weighted by atomic mass is 10.1. The number of aromatic nitrogens is 1. The third kappa shape index (κ3) is 3.98. The lowest BCUT2D eigenvalue weighted by Crippen LogP contribution is -2.23. The molecule has 120 valence electrons. The van der Waals surface area contributed by atoms with Crippen LogP contribution in [0.15, 0.2) is 72.9 Å². The summed E-state index contributed by atoms with van der Waals surface area (Å²) < 4.78 is 5.71. The van der Waals surface area contributed by atoms with Crippen molar-refractivity contribution in [1.82, 2.24) is 10.3 Å². The average molecular weight is 318 g/mol. The van der Waals surface area contributed by atoms with Crippen LogP contribution in [0.5, 0.6) is 11.6 Å². The number of carbonyl (C=O) groups excluding carboxylic acids is 1. The standard InChI is InChI=1S/C20H18N2O2/c1-15-7-5-6-10-18(15)20(23)22-14-16-11-12-21-19(13-16)24-17-8-3-2-4-9-17/h2-13H,14H2,1H3,(H,22,23). The van der Waals surface area contributed by atoms with Gasteiger partial charge in [-0.15, -0.1) is 0 Å². The molecule has 0 spiro atoms. The smallest absolute Gasteiger partial charge is 0.251 e. The number of nitrogens with zero attached hydrogens (tertiary/aromatic N) is 1.